The minimum absolute atomic E-state index is 0.775. The first-order chi connectivity index (χ1) is 7.88. The lowest BCUT2D eigenvalue weighted by Gasteiger charge is -2.06. The van der Waals surface area contributed by atoms with E-state index in [1.54, 1.807) is 11.3 Å². The molecule has 0 fully saturated rings. The van der Waals surface area contributed by atoms with E-state index in [-0.39, 0.29) is 0 Å². The number of nitrogens with zero attached hydrogens (tertiary/aromatic N) is 2. The van der Waals surface area contributed by atoms with Crippen LogP contribution < -0.4 is 10.6 Å². The Morgan fingerprint density at radius 2 is 2.19 bits per heavy atom. The van der Waals surface area contributed by atoms with E-state index in [0.717, 1.165) is 28.9 Å². The summed E-state index contributed by atoms with van der Waals surface area (Å²) in [5.41, 5.74) is 0. The van der Waals surface area contributed by atoms with E-state index >= 15 is 0 Å². The molecule has 2 aromatic heterocycles. The van der Waals surface area contributed by atoms with E-state index in [4.69, 9.17) is 0 Å². The predicted octanol–water partition coefficient (Wildman–Crippen LogP) is 2.62. The minimum Gasteiger partial charge on any atom is -0.369 e. The molecule has 0 aliphatic carbocycles. The summed E-state index contributed by atoms with van der Waals surface area (Å²) in [6, 6.07) is 5.88. The topological polar surface area (TPSA) is 49.8 Å². The average molecular weight is 252 g/mol. The number of hydrogen-bond acceptors (Lipinski definition) is 6. The van der Waals surface area contributed by atoms with Crippen molar-refractivity contribution in [3.8, 4) is 0 Å². The van der Waals surface area contributed by atoms with Gasteiger partial charge in [0.2, 0.25) is 0 Å². The molecule has 2 N–H and O–H groups in total. The molecule has 6 heteroatoms. The molecule has 0 aromatic carbocycles. The molecular formula is C10H12N4S2. The number of hydrogen-bond donors (Lipinski definition) is 3. The monoisotopic (exact) mass is 252 g/mol. The summed E-state index contributed by atoms with van der Waals surface area (Å²) in [7, 11) is 0. The Morgan fingerprint density at radius 1 is 1.31 bits per heavy atom. The fourth-order valence-electron chi connectivity index (χ4n) is 1.18. The number of thiol groups is 1. The molecule has 84 valence electrons. The Balaban J connectivity index is 2.04. The summed E-state index contributed by atoms with van der Waals surface area (Å²) in [5, 5.41) is 9.45. The second-order valence-electron chi connectivity index (χ2n) is 3.04. The van der Waals surface area contributed by atoms with Crippen molar-refractivity contribution in [3.05, 3.63) is 29.9 Å². The fraction of sp³-hybridized carbons (Fsp3) is 0.200. The van der Waals surface area contributed by atoms with Crippen LogP contribution in [0.1, 0.15) is 0 Å². The van der Waals surface area contributed by atoms with Crippen LogP contribution in [0, 0.1) is 0 Å². The van der Waals surface area contributed by atoms with Crippen LogP contribution in [0.15, 0.2) is 29.9 Å². The van der Waals surface area contributed by atoms with Gasteiger partial charge in [-0.15, -0.1) is 11.3 Å². The van der Waals surface area contributed by atoms with Crippen molar-refractivity contribution < 1.29 is 0 Å². The molecule has 0 radical (unpaired) electrons. The highest BCUT2D eigenvalue weighted by Crippen LogP contribution is 2.20. The largest absolute Gasteiger partial charge is 0.369 e. The highest BCUT2D eigenvalue weighted by Gasteiger charge is 1.99. The molecule has 0 aliphatic rings. The molecule has 16 heavy (non-hydrogen) atoms. The van der Waals surface area contributed by atoms with Gasteiger partial charge in [-0.05, 0) is 17.5 Å². The van der Waals surface area contributed by atoms with Crippen molar-refractivity contribution in [2.45, 2.75) is 0 Å². The summed E-state index contributed by atoms with van der Waals surface area (Å²) in [5.74, 6) is 2.37. The van der Waals surface area contributed by atoms with Crippen LogP contribution in [-0.4, -0.2) is 22.3 Å². The van der Waals surface area contributed by atoms with Crippen molar-refractivity contribution in [3.63, 3.8) is 0 Å². The van der Waals surface area contributed by atoms with Crippen LogP contribution in [-0.2, 0) is 0 Å². The van der Waals surface area contributed by atoms with Gasteiger partial charge in [0.05, 0.1) is 5.00 Å². The third-order valence-electron chi connectivity index (χ3n) is 1.86. The van der Waals surface area contributed by atoms with Gasteiger partial charge in [-0.2, -0.15) is 12.6 Å². The summed E-state index contributed by atoms with van der Waals surface area (Å²) < 4.78 is 0. The zero-order chi connectivity index (χ0) is 11.2. The Hall–Kier alpha value is -1.27. The maximum absolute atomic E-state index is 4.15. The summed E-state index contributed by atoms with van der Waals surface area (Å²) in [4.78, 5) is 8.26. The highest BCUT2D eigenvalue weighted by molar-refractivity contribution is 7.80. The zero-order valence-corrected chi connectivity index (χ0v) is 10.3. The lowest BCUT2D eigenvalue weighted by molar-refractivity contribution is 1.12. The molecule has 0 bridgehead atoms. The lowest BCUT2D eigenvalue weighted by Crippen LogP contribution is -2.05. The zero-order valence-electron chi connectivity index (χ0n) is 8.55. The van der Waals surface area contributed by atoms with E-state index in [2.05, 4.69) is 33.2 Å². The quantitative estimate of drug-likeness (QED) is 0.716. The van der Waals surface area contributed by atoms with Crippen LogP contribution in [0.5, 0.6) is 0 Å². The van der Waals surface area contributed by atoms with Gasteiger partial charge in [-0.25, -0.2) is 9.97 Å². The van der Waals surface area contributed by atoms with Gasteiger partial charge in [-0.3, -0.25) is 0 Å². The normalized spacial score (nSPS) is 10.1. The lowest BCUT2D eigenvalue weighted by atomic mass is 10.5. The fourth-order valence-corrected chi connectivity index (χ4v) is 1.92. The van der Waals surface area contributed by atoms with Gasteiger partial charge in [0, 0.05) is 18.4 Å². The molecule has 2 rings (SSSR count). The van der Waals surface area contributed by atoms with E-state index in [1.165, 1.54) is 6.33 Å². The van der Waals surface area contributed by atoms with Gasteiger partial charge in [0.15, 0.2) is 0 Å². The summed E-state index contributed by atoms with van der Waals surface area (Å²) >= 11 is 5.77. The highest BCUT2D eigenvalue weighted by atomic mass is 32.1. The second kappa shape index (κ2) is 5.72. The van der Waals surface area contributed by atoms with Crippen LogP contribution >= 0.6 is 24.0 Å². The first-order valence-electron chi connectivity index (χ1n) is 4.86. The van der Waals surface area contributed by atoms with Crippen LogP contribution in [0.25, 0.3) is 0 Å². The van der Waals surface area contributed by atoms with E-state index in [1.807, 2.05) is 23.6 Å². The molecule has 0 saturated heterocycles. The first kappa shape index (κ1) is 11.2. The van der Waals surface area contributed by atoms with Crippen molar-refractivity contribution in [1.29, 1.82) is 0 Å². The third-order valence-corrected chi connectivity index (χ3v) is 2.87. The summed E-state index contributed by atoms with van der Waals surface area (Å²) in [6.07, 6.45) is 1.54. The van der Waals surface area contributed by atoms with Gasteiger partial charge >= 0.3 is 0 Å². The number of thiophene rings is 1. The van der Waals surface area contributed by atoms with Crippen molar-refractivity contribution >= 4 is 40.6 Å². The standard InChI is InChI=1S/C10H12N4S2/c15-4-3-11-8-6-9(13-7-12-8)14-10-2-1-5-16-10/h1-2,5-7,15H,3-4H2,(H2,11,12,13,14). The van der Waals surface area contributed by atoms with Gasteiger partial charge in [-0.1, -0.05) is 0 Å². The molecule has 2 aromatic rings. The molecule has 0 unspecified atom stereocenters. The van der Waals surface area contributed by atoms with E-state index in [0.29, 0.717) is 0 Å². The number of aromatic nitrogens is 2. The van der Waals surface area contributed by atoms with Crippen LogP contribution in [0.3, 0.4) is 0 Å². The first-order valence-corrected chi connectivity index (χ1v) is 6.37. The third kappa shape index (κ3) is 3.11. The maximum atomic E-state index is 4.15. The number of rotatable bonds is 5. The molecule has 0 atom stereocenters. The number of anilines is 3. The molecule has 0 amide bonds. The van der Waals surface area contributed by atoms with E-state index < -0.39 is 0 Å². The van der Waals surface area contributed by atoms with Crippen molar-refractivity contribution in [1.82, 2.24) is 9.97 Å². The van der Waals surface area contributed by atoms with Gasteiger partial charge < -0.3 is 10.6 Å². The van der Waals surface area contributed by atoms with Gasteiger partial charge in [0.25, 0.3) is 0 Å². The Labute approximate surface area is 104 Å². The molecular weight excluding hydrogens is 240 g/mol. The second-order valence-corrected chi connectivity index (χ2v) is 4.44. The maximum Gasteiger partial charge on any atom is 0.136 e. The van der Waals surface area contributed by atoms with Crippen molar-refractivity contribution in [2.75, 3.05) is 22.9 Å². The van der Waals surface area contributed by atoms with E-state index in [9.17, 15) is 0 Å². The molecule has 2 heterocycles. The smallest absolute Gasteiger partial charge is 0.136 e. The Morgan fingerprint density at radius 3 is 2.94 bits per heavy atom. The Kier molecular flexibility index (Phi) is 4.01. The molecule has 4 nitrogen and oxygen atoms in total. The Bertz CT molecular complexity index is 430. The molecule has 0 saturated carbocycles. The molecule has 0 aliphatic heterocycles. The van der Waals surface area contributed by atoms with Crippen molar-refractivity contribution in [2.24, 2.45) is 0 Å². The minimum atomic E-state index is 0.775. The van der Waals surface area contributed by atoms with Gasteiger partial charge in [0.1, 0.15) is 18.0 Å². The molecule has 0 spiro atoms. The predicted molar refractivity (Wildman–Crippen MR) is 72.0 cm³/mol. The average Bonchev–Trinajstić information content (AvgIpc) is 2.80. The van der Waals surface area contributed by atoms with Crippen LogP contribution in [0.4, 0.5) is 16.6 Å². The van der Waals surface area contributed by atoms with Crippen LogP contribution in [0.2, 0.25) is 0 Å². The number of nitrogens with one attached hydrogen (secondary N) is 2. The SMILES string of the molecule is SCCNc1cc(Nc2cccs2)ncn1. The summed E-state index contributed by atoms with van der Waals surface area (Å²) in [6.45, 7) is 0.790.